The van der Waals surface area contributed by atoms with Crippen LogP contribution in [0.1, 0.15) is 51.3 Å². The largest absolute Gasteiger partial charge is 0.384 e. The number of nitrogen functional groups attached to an aromatic ring is 1. The zero-order valence-corrected chi connectivity index (χ0v) is 12.1. The van der Waals surface area contributed by atoms with Crippen molar-refractivity contribution in [3.8, 4) is 0 Å². The molecule has 20 heavy (non-hydrogen) atoms. The maximum absolute atomic E-state index is 11.5. The van der Waals surface area contributed by atoms with E-state index in [-0.39, 0.29) is 11.8 Å². The number of amides is 1. The second kappa shape index (κ2) is 6.54. The van der Waals surface area contributed by atoms with E-state index < -0.39 is 0 Å². The van der Waals surface area contributed by atoms with Gasteiger partial charge < -0.3 is 16.4 Å². The van der Waals surface area contributed by atoms with E-state index in [1.165, 1.54) is 0 Å². The summed E-state index contributed by atoms with van der Waals surface area (Å²) in [5.41, 5.74) is 5.76. The molecule has 0 aromatic carbocycles. The Labute approximate surface area is 119 Å². The van der Waals surface area contributed by atoms with Crippen LogP contribution in [0.2, 0.25) is 0 Å². The lowest BCUT2D eigenvalue weighted by Crippen LogP contribution is -2.25. The molecule has 2 rings (SSSR count). The molecule has 0 radical (unpaired) electrons. The van der Waals surface area contributed by atoms with Gasteiger partial charge in [-0.15, -0.1) is 0 Å². The molecular weight excluding hydrogens is 254 g/mol. The number of carbonyl (C=O) groups excluding carboxylic acids is 1. The van der Waals surface area contributed by atoms with Gasteiger partial charge in [0.25, 0.3) is 0 Å². The summed E-state index contributed by atoms with van der Waals surface area (Å²) in [4.78, 5) is 20.1. The van der Waals surface area contributed by atoms with Crippen LogP contribution >= 0.6 is 0 Å². The average Bonchev–Trinajstić information content (AvgIpc) is 3.18. The summed E-state index contributed by atoms with van der Waals surface area (Å²) in [6.07, 6.45) is 3.57. The Bertz CT molecular complexity index is 471. The van der Waals surface area contributed by atoms with Gasteiger partial charge in [-0.05, 0) is 19.3 Å². The summed E-state index contributed by atoms with van der Waals surface area (Å²) in [5.74, 6) is 2.31. The third-order valence-corrected chi connectivity index (χ3v) is 3.11. The van der Waals surface area contributed by atoms with Crippen molar-refractivity contribution in [3.05, 3.63) is 11.9 Å². The Balaban J connectivity index is 1.74. The number of nitrogens with zero attached hydrogens (tertiary/aromatic N) is 2. The summed E-state index contributed by atoms with van der Waals surface area (Å²) in [5, 5.41) is 6.17. The zero-order valence-electron chi connectivity index (χ0n) is 12.1. The quantitative estimate of drug-likeness (QED) is 0.659. The molecule has 1 heterocycles. The molecule has 0 spiro atoms. The number of carbonyl (C=O) groups is 1. The number of anilines is 2. The van der Waals surface area contributed by atoms with E-state index >= 15 is 0 Å². The molecule has 1 aromatic rings. The molecule has 4 N–H and O–H groups in total. The van der Waals surface area contributed by atoms with Crippen LogP contribution < -0.4 is 16.4 Å². The zero-order chi connectivity index (χ0) is 14.5. The molecule has 0 saturated heterocycles. The molecule has 110 valence electrons. The van der Waals surface area contributed by atoms with Gasteiger partial charge >= 0.3 is 0 Å². The summed E-state index contributed by atoms with van der Waals surface area (Å²) in [6, 6.07) is 2.15. The Morgan fingerprint density at radius 2 is 2.20 bits per heavy atom. The summed E-state index contributed by atoms with van der Waals surface area (Å²) < 4.78 is 0. The molecule has 1 saturated carbocycles. The third kappa shape index (κ3) is 4.68. The Kier molecular flexibility index (Phi) is 4.76. The lowest BCUT2D eigenvalue weighted by atomic mass is 10.2. The second-order valence-electron chi connectivity index (χ2n) is 5.56. The first-order valence-corrected chi connectivity index (χ1v) is 7.22. The Morgan fingerprint density at radius 3 is 2.85 bits per heavy atom. The van der Waals surface area contributed by atoms with Crippen molar-refractivity contribution in [3.63, 3.8) is 0 Å². The van der Waals surface area contributed by atoms with Gasteiger partial charge in [0.15, 0.2) is 0 Å². The maximum atomic E-state index is 11.5. The number of nitrogens with one attached hydrogen (secondary N) is 2. The smallest absolute Gasteiger partial charge is 0.220 e. The number of rotatable bonds is 7. The van der Waals surface area contributed by atoms with Gasteiger partial charge in [-0.2, -0.15) is 0 Å². The molecule has 0 aliphatic heterocycles. The normalized spacial score (nSPS) is 14.3. The second-order valence-corrected chi connectivity index (χ2v) is 5.56. The van der Waals surface area contributed by atoms with Crippen LogP contribution in [0.5, 0.6) is 0 Å². The summed E-state index contributed by atoms with van der Waals surface area (Å²) in [6.45, 7) is 4.76. The molecular formula is C14H23N5O. The monoisotopic (exact) mass is 277 g/mol. The van der Waals surface area contributed by atoms with Crippen LogP contribution in [-0.2, 0) is 4.79 Å². The highest BCUT2D eigenvalue weighted by Crippen LogP contribution is 2.18. The fourth-order valence-corrected chi connectivity index (χ4v) is 1.83. The van der Waals surface area contributed by atoms with Crippen molar-refractivity contribution in [2.45, 2.75) is 51.5 Å². The van der Waals surface area contributed by atoms with Crippen molar-refractivity contribution in [1.29, 1.82) is 0 Å². The fraction of sp³-hybridized carbons (Fsp3) is 0.643. The first-order chi connectivity index (χ1) is 9.54. The van der Waals surface area contributed by atoms with Crippen molar-refractivity contribution in [1.82, 2.24) is 15.3 Å². The molecule has 1 aliphatic carbocycles. The van der Waals surface area contributed by atoms with Gasteiger partial charge in [0.05, 0.1) is 0 Å². The van der Waals surface area contributed by atoms with Crippen LogP contribution in [0.4, 0.5) is 11.6 Å². The molecule has 1 fully saturated rings. The van der Waals surface area contributed by atoms with Gasteiger partial charge in [-0.1, -0.05) is 13.8 Å². The predicted octanol–water partition coefficient (Wildman–Crippen LogP) is 1.65. The van der Waals surface area contributed by atoms with E-state index in [0.717, 1.165) is 30.9 Å². The first-order valence-electron chi connectivity index (χ1n) is 7.22. The van der Waals surface area contributed by atoms with Crippen molar-refractivity contribution in [2.75, 3.05) is 17.6 Å². The number of aromatic nitrogens is 2. The van der Waals surface area contributed by atoms with E-state index in [0.29, 0.717) is 24.8 Å². The standard InChI is InChI=1S/C14H23N5O/c1-9(2)14-18-11(15)8-12(19-14)16-7-3-4-13(20)17-10-5-6-10/h8-10H,3-7H2,1-2H3,(H,17,20)(H3,15,16,18,19). The predicted molar refractivity (Wildman–Crippen MR) is 79.4 cm³/mol. The minimum atomic E-state index is 0.138. The lowest BCUT2D eigenvalue weighted by Gasteiger charge is -2.10. The fourth-order valence-electron chi connectivity index (χ4n) is 1.83. The highest BCUT2D eigenvalue weighted by molar-refractivity contribution is 5.76. The molecule has 1 amide bonds. The molecule has 0 atom stereocenters. The van der Waals surface area contributed by atoms with E-state index in [9.17, 15) is 4.79 Å². The van der Waals surface area contributed by atoms with Crippen molar-refractivity contribution >= 4 is 17.5 Å². The van der Waals surface area contributed by atoms with E-state index in [2.05, 4.69) is 20.6 Å². The van der Waals surface area contributed by atoms with Crippen LogP contribution in [-0.4, -0.2) is 28.5 Å². The molecule has 1 aliphatic rings. The highest BCUT2D eigenvalue weighted by Gasteiger charge is 2.22. The molecule has 1 aromatic heterocycles. The van der Waals surface area contributed by atoms with Gasteiger partial charge in [-0.25, -0.2) is 9.97 Å². The minimum Gasteiger partial charge on any atom is -0.384 e. The lowest BCUT2D eigenvalue weighted by molar-refractivity contribution is -0.121. The van der Waals surface area contributed by atoms with E-state index in [1.807, 2.05) is 13.8 Å². The van der Waals surface area contributed by atoms with Crippen LogP contribution in [0.15, 0.2) is 6.07 Å². The van der Waals surface area contributed by atoms with Crippen molar-refractivity contribution in [2.24, 2.45) is 0 Å². The summed E-state index contributed by atoms with van der Waals surface area (Å²) >= 11 is 0. The van der Waals surface area contributed by atoms with E-state index in [1.54, 1.807) is 6.07 Å². The van der Waals surface area contributed by atoms with Crippen LogP contribution in [0, 0.1) is 0 Å². The number of nitrogens with two attached hydrogens (primary N) is 1. The van der Waals surface area contributed by atoms with Gasteiger partial charge in [0.2, 0.25) is 5.91 Å². The van der Waals surface area contributed by atoms with Gasteiger partial charge in [-0.3, -0.25) is 4.79 Å². The van der Waals surface area contributed by atoms with Crippen molar-refractivity contribution < 1.29 is 4.79 Å². The minimum absolute atomic E-state index is 0.138. The van der Waals surface area contributed by atoms with Gasteiger partial charge in [0.1, 0.15) is 17.5 Å². The average molecular weight is 277 g/mol. The molecule has 6 nitrogen and oxygen atoms in total. The van der Waals surface area contributed by atoms with E-state index in [4.69, 9.17) is 5.73 Å². The first kappa shape index (κ1) is 14.6. The Morgan fingerprint density at radius 1 is 1.45 bits per heavy atom. The number of hydrogen-bond acceptors (Lipinski definition) is 5. The van der Waals surface area contributed by atoms with Crippen LogP contribution in [0.25, 0.3) is 0 Å². The topological polar surface area (TPSA) is 92.9 Å². The third-order valence-electron chi connectivity index (χ3n) is 3.11. The highest BCUT2D eigenvalue weighted by atomic mass is 16.1. The SMILES string of the molecule is CC(C)c1nc(N)cc(NCCCC(=O)NC2CC2)n1. The molecule has 0 bridgehead atoms. The Hall–Kier alpha value is -1.85. The van der Waals surface area contributed by atoms with Gasteiger partial charge in [0, 0.05) is 31.0 Å². The maximum Gasteiger partial charge on any atom is 0.220 e. The molecule has 6 heteroatoms. The summed E-state index contributed by atoms with van der Waals surface area (Å²) in [7, 11) is 0. The number of hydrogen-bond donors (Lipinski definition) is 3. The van der Waals surface area contributed by atoms with Crippen LogP contribution in [0.3, 0.4) is 0 Å². The molecule has 0 unspecified atom stereocenters.